The molecule has 0 fully saturated rings. The van der Waals surface area contributed by atoms with Crippen molar-refractivity contribution in [1.29, 1.82) is 0 Å². The molecule has 3 heterocycles. The number of fused-ring (bicyclic) bond motifs is 1. The highest BCUT2D eigenvalue weighted by Crippen LogP contribution is 2.50. The number of hydrogen-bond donors (Lipinski definition) is 2. The molecule has 0 saturated carbocycles. The van der Waals surface area contributed by atoms with E-state index in [1.54, 1.807) is 4.57 Å². The number of ether oxygens (including phenoxy) is 1. The number of rotatable bonds is 12. The molecule has 0 saturated heterocycles. The number of H-pyrrole nitrogens is 1. The summed E-state index contributed by atoms with van der Waals surface area (Å²) in [5, 5.41) is 0. The van der Waals surface area contributed by atoms with Crippen LogP contribution in [-0.4, -0.2) is 32.5 Å². The van der Waals surface area contributed by atoms with Gasteiger partial charge in [0, 0.05) is 12.1 Å². The van der Waals surface area contributed by atoms with E-state index < -0.39 is 37.7 Å². The van der Waals surface area contributed by atoms with Gasteiger partial charge in [0.2, 0.25) is 5.95 Å². The second-order valence-corrected chi connectivity index (χ2v) is 11.0. The van der Waals surface area contributed by atoms with Crippen LogP contribution < -0.4 is 17.1 Å². The highest BCUT2D eigenvalue weighted by atomic mass is 31.2. The minimum atomic E-state index is -3.94. The molecule has 214 valence electrons. The third kappa shape index (κ3) is 6.87. The van der Waals surface area contributed by atoms with Gasteiger partial charge in [-0.1, -0.05) is 29.8 Å². The van der Waals surface area contributed by atoms with Gasteiger partial charge in [-0.3, -0.25) is 18.9 Å². The van der Waals surface area contributed by atoms with Crippen LogP contribution in [0, 0.1) is 12.7 Å². The summed E-state index contributed by atoms with van der Waals surface area (Å²) in [5.74, 6) is -1.58. The average Bonchev–Trinajstić information content (AvgIpc) is 3.53. The van der Waals surface area contributed by atoms with Crippen molar-refractivity contribution < 1.29 is 31.6 Å². The molecule has 2 aromatic carbocycles. The van der Waals surface area contributed by atoms with E-state index in [9.17, 15) is 18.5 Å². The summed E-state index contributed by atoms with van der Waals surface area (Å²) in [5.41, 5.74) is 7.71. The molecular formula is C26H25FN5O8P. The number of hydrogen-bond acceptors (Lipinski definition) is 11. The van der Waals surface area contributed by atoms with E-state index in [2.05, 4.69) is 15.0 Å². The van der Waals surface area contributed by atoms with Gasteiger partial charge in [0.1, 0.15) is 18.8 Å². The maximum Gasteiger partial charge on any atom is 0.519 e. The molecule has 0 aliphatic carbocycles. The molecule has 3 N–H and O–H groups in total. The largest absolute Gasteiger partial charge is 0.519 e. The van der Waals surface area contributed by atoms with E-state index in [0.29, 0.717) is 5.56 Å². The number of benzene rings is 2. The molecular weight excluding hydrogens is 560 g/mol. The van der Waals surface area contributed by atoms with Crippen molar-refractivity contribution in [1.82, 2.24) is 19.5 Å². The molecule has 1 atom stereocenters. The summed E-state index contributed by atoms with van der Waals surface area (Å²) in [6.07, 6.45) is 0.965. The number of halogens is 1. The average molecular weight is 585 g/mol. The van der Waals surface area contributed by atoms with Crippen LogP contribution in [0.25, 0.3) is 22.5 Å². The number of aryl methyl sites for hydroxylation is 1. The summed E-state index contributed by atoms with van der Waals surface area (Å²) in [7, 11) is -3.94. The third-order valence-electron chi connectivity index (χ3n) is 5.91. The number of imidazole rings is 1. The smallest absolute Gasteiger partial charge is 0.393 e. The predicted octanol–water partition coefficient (Wildman–Crippen LogP) is 3.96. The Morgan fingerprint density at radius 3 is 2.54 bits per heavy atom. The SMILES string of the molecule is Cc1ccc(COP(=O)(COCCn2cnc3c(=O)[nH]c(N)nc32)OCc2oc(=O)oc2-c2ccc(F)cc2)cc1. The quantitative estimate of drug-likeness (QED) is 0.160. The fourth-order valence-electron chi connectivity index (χ4n) is 3.82. The summed E-state index contributed by atoms with van der Waals surface area (Å²) >= 11 is 0. The molecule has 0 spiro atoms. The number of nitrogen functional groups attached to an aromatic ring is 1. The van der Waals surface area contributed by atoms with Crippen molar-refractivity contribution in [3.63, 3.8) is 0 Å². The van der Waals surface area contributed by atoms with Gasteiger partial charge < -0.3 is 28.4 Å². The fourth-order valence-corrected chi connectivity index (χ4v) is 5.06. The van der Waals surface area contributed by atoms with E-state index in [-0.39, 0.29) is 48.4 Å². The Balaban J connectivity index is 1.29. The number of aromatic nitrogens is 4. The van der Waals surface area contributed by atoms with Gasteiger partial charge in [0.25, 0.3) is 5.56 Å². The molecule has 0 radical (unpaired) electrons. The number of anilines is 1. The Hall–Kier alpha value is -4.36. The van der Waals surface area contributed by atoms with Crippen LogP contribution in [0.4, 0.5) is 10.3 Å². The first-order chi connectivity index (χ1) is 19.7. The molecule has 0 bridgehead atoms. The Bertz CT molecular complexity index is 1810. The molecule has 0 amide bonds. The van der Waals surface area contributed by atoms with E-state index in [1.165, 1.54) is 30.6 Å². The van der Waals surface area contributed by atoms with Crippen molar-refractivity contribution >= 4 is 24.7 Å². The first-order valence-corrected chi connectivity index (χ1v) is 14.0. The van der Waals surface area contributed by atoms with Crippen LogP contribution in [0.1, 0.15) is 16.9 Å². The summed E-state index contributed by atoms with van der Waals surface area (Å²) in [6, 6.07) is 12.6. The zero-order valence-electron chi connectivity index (χ0n) is 21.7. The predicted molar refractivity (Wildman–Crippen MR) is 144 cm³/mol. The van der Waals surface area contributed by atoms with Crippen molar-refractivity contribution in [2.45, 2.75) is 26.7 Å². The van der Waals surface area contributed by atoms with Crippen molar-refractivity contribution in [3.05, 3.63) is 98.5 Å². The van der Waals surface area contributed by atoms with E-state index >= 15 is 0 Å². The molecule has 15 heteroatoms. The fraction of sp³-hybridized carbons (Fsp3) is 0.231. The topological polar surface area (TPSA) is 178 Å². The minimum absolute atomic E-state index is 0.00903. The highest BCUT2D eigenvalue weighted by molar-refractivity contribution is 7.53. The Morgan fingerprint density at radius 2 is 1.78 bits per heavy atom. The van der Waals surface area contributed by atoms with Crippen LogP contribution in [0.5, 0.6) is 0 Å². The lowest BCUT2D eigenvalue weighted by molar-refractivity contribution is 0.114. The summed E-state index contributed by atoms with van der Waals surface area (Å²) in [6.45, 7) is 1.68. The molecule has 41 heavy (non-hydrogen) atoms. The van der Waals surface area contributed by atoms with Crippen molar-refractivity contribution in [3.8, 4) is 11.3 Å². The second kappa shape index (κ2) is 12.0. The maximum atomic E-state index is 13.7. The van der Waals surface area contributed by atoms with Gasteiger partial charge in [-0.05, 0) is 36.8 Å². The lowest BCUT2D eigenvalue weighted by Gasteiger charge is -2.18. The molecule has 5 aromatic rings. The number of aromatic amines is 1. The van der Waals surface area contributed by atoms with Crippen LogP contribution >= 0.6 is 7.60 Å². The highest BCUT2D eigenvalue weighted by Gasteiger charge is 2.28. The minimum Gasteiger partial charge on any atom is -0.393 e. The van der Waals surface area contributed by atoms with E-state index in [1.807, 2.05) is 31.2 Å². The van der Waals surface area contributed by atoms with Crippen LogP contribution in [0.15, 0.2) is 73.3 Å². The maximum absolute atomic E-state index is 13.7. The van der Waals surface area contributed by atoms with Gasteiger partial charge in [-0.2, -0.15) is 4.98 Å². The Kier molecular flexibility index (Phi) is 8.26. The van der Waals surface area contributed by atoms with Crippen molar-refractivity contribution in [2.75, 3.05) is 18.7 Å². The molecule has 0 aliphatic heterocycles. The zero-order chi connectivity index (χ0) is 29.0. The van der Waals surface area contributed by atoms with Crippen LogP contribution in [0.3, 0.4) is 0 Å². The summed E-state index contributed by atoms with van der Waals surface area (Å²) < 4.78 is 55.9. The number of nitrogens with zero attached hydrogens (tertiary/aromatic N) is 3. The zero-order valence-corrected chi connectivity index (χ0v) is 22.6. The monoisotopic (exact) mass is 585 g/mol. The van der Waals surface area contributed by atoms with Gasteiger partial charge in [0.15, 0.2) is 22.7 Å². The van der Waals surface area contributed by atoms with Gasteiger partial charge >= 0.3 is 13.4 Å². The van der Waals surface area contributed by atoms with Crippen LogP contribution in [-0.2, 0) is 38.1 Å². The van der Waals surface area contributed by atoms with E-state index in [0.717, 1.165) is 11.1 Å². The first kappa shape index (κ1) is 28.2. The molecule has 5 rings (SSSR count). The van der Waals surface area contributed by atoms with Gasteiger partial charge in [-0.15, -0.1) is 0 Å². The van der Waals surface area contributed by atoms with Crippen LogP contribution in [0.2, 0.25) is 0 Å². The van der Waals surface area contributed by atoms with Gasteiger partial charge in [-0.25, -0.2) is 14.2 Å². The standard InChI is InChI=1S/C26H25FN5O8P/c1-16-2-4-17(5-3-16)12-37-41(35,15-36-11-10-32-14-29-21-23(32)30-25(28)31-24(21)33)38-13-20-22(40-26(34)39-20)18-6-8-19(27)9-7-18/h2-9,14H,10-13,15H2,1H3,(H3,28,30,31,33). The lowest BCUT2D eigenvalue weighted by Crippen LogP contribution is -2.13. The molecule has 0 aliphatic rings. The normalized spacial score (nSPS) is 13.0. The molecule has 1 unspecified atom stereocenters. The summed E-state index contributed by atoms with van der Waals surface area (Å²) in [4.78, 5) is 34.3. The number of nitrogens with one attached hydrogen (secondary N) is 1. The Morgan fingerprint density at radius 1 is 1.05 bits per heavy atom. The third-order valence-corrected chi connectivity index (χ3v) is 7.46. The first-order valence-electron chi connectivity index (χ1n) is 12.3. The van der Waals surface area contributed by atoms with E-state index in [4.69, 9.17) is 28.4 Å². The second-order valence-electron chi connectivity index (χ2n) is 8.96. The lowest BCUT2D eigenvalue weighted by atomic mass is 10.1. The Labute approximate surface area is 231 Å². The van der Waals surface area contributed by atoms with Crippen molar-refractivity contribution in [2.24, 2.45) is 0 Å². The molecule has 3 aromatic heterocycles. The van der Waals surface area contributed by atoms with Gasteiger partial charge in [0.05, 0.1) is 19.5 Å². The molecule has 13 nitrogen and oxygen atoms in total. The number of nitrogens with two attached hydrogens (primary N) is 1.